The van der Waals surface area contributed by atoms with Crippen LogP contribution in [-0.2, 0) is 9.59 Å². The molecule has 2 aromatic heterocycles. The molecule has 0 aromatic carbocycles. The van der Waals surface area contributed by atoms with Crippen LogP contribution in [0.2, 0.25) is 5.15 Å². The lowest BCUT2D eigenvalue weighted by molar-refractivity contribution is -0.138. The van der Waals surface area contributed by atoms with Crippen molar-refractivity contribution in [2.75, 3.05) is 0 Å². The molecule has 0 aliphatic heterocycles. The molecule has 0 aliphatic rings. The van der Waals surface area contributed by atoms with Crippen molar-refractivity contribution in [3.63, 3.8) is 0 Å². The van der Waals surface area contributed by atoms with Crippen molar-refractivity contribution in [1.29, 1.82) is 0 Å². The van der Waals surface area contributed by atoms with Crippen molar-refractivity contribution in [2.24, 2.45) is 0 Å². The van der Waals surface area contributed by atoms with Crippen LogP contribution in [0.25, 0.3) is 11.0 Å². The van der Waals surface area contributed by atoms with Gasteiger partial charge in [-0.05, 0) is 19.9 Å². The zero-order valence-corrected chi connectivity index (χ0v) is 13.0. The van der Waals surface area contributed by atoms with E-state index >= 15 is 0 Å². The van der Waals surface area contributed by atoms with E-state index in [1.54, 1.807) is 24.3 Å². The smallest absolute Gasteiger partial charge is 0.305 e. The van der Waals surface area contributed by atoms with Crippen LogP contribution < -0.4 is 5.32 Å². The minimum absolute atomic E-state index is 0.158. The van der Waals surface area contributed by atoms with Crippen molar-refractivity contribution in [3.05, 3.63) is 28.5 Å². The maximum absolute atomic E-state index is 11.9. The topological polar surface area (TPSA) is 83.7 Å². The summed E-state index contributed by atoms with van der Waals surface area (Å²) in [4.78, 5) is 27.5. The Bertz CT molecular complexity index is 717. The molecule has 0 unspecified atom stereocenters. The lowest BCUT2D eigenvalue weighted by Crippen LogP contribution is -2.44. The summed E-state index contributed by atoms with van der Waals surface area (Å²) in [5.74, 6) is -1.36. The van der Waals surface area contributed by atoms with Crippen molar-refractivity contribution in [2.45, 2.75) is 25.8 Å². The molecule has 0 atom stereocenters. The molecule has 0 aliphatic carbocycles. The van der Waals surface area contributed by atoms with Gasteiger partial charge in [0, 0.05) is 23.2 Å². The summed E-state index contributed by atoms with van der Waals surface area (Å²) in [5.41, 5.74) is -0.217. The van der Waals surface area contributed by atoms with Gasteiger partial charge in [0.1, 0.15) is 0 Å². The number of carbonyl (C=O) groups is 2. The van der Waals surface area contributed by atoms with Crippen LogP contribution in [0, 0.1) is 0 Å². The standard InChI is InChI=1S/C13H14ClN3O3S/c1-13(2,7-10(19)20)16-9(18)4-3-8-11(14)15-12-17(8)5-6-21-12/h3-6H,7H2,1-2H3,(H,16,18)(H,19,20). The zero-order valence-electron chi connectivity index (χ0n) is 11.5. The van der Waals surface area contributed by atoms with Crippen molar-refractivity contribution < 1.29 is 14.7 Å². The largest absolute Gasteiger partial charge is 0.481 e. The third kappa shape index (κ3) is 3.83. The summed E-state index contributed by atoms with van der Waals surface area (Å²) < 4.78 is 1.78. The lowest BCUT2D eigenvalue weighted by atomic mass is 10.0. The van der Waals surface area contributed by atoms with Gasteiger partial charge in [-0.15, -0.1) is 11.3 Å². The number of carbonyl (C=O) groups excluding carboxylic acids is 1. The van der Waals surface area contributed by atoms with Gasteiger partial charge < -0.3 is 10.4 Å². The number of amides is 1. The second kappa shape index (κ2) is 5.87. The van der Waals surface area contributed by atoms with Gasteiger partial charge in [0.25, 0.3) is 0 Å². The van der Waals surface area contributed by atoms with E-state index < -0.39 is 11.5 Å². The molecule has 6 nitrogen and oxygen atoms in total. The number of carboxylic acids is 1. The molecule has 1 amide bonds. The minimum atomic E-state index is -0.969. The van der Waals surface area contributed by atoms with E-state index in [0.717, 1.165) is 4.96 Å². The number of hydrogen-bond donors (Lipinski definition) is 2. The second-order valence-corrected chi connectivity index (χ2v) is 6.35. The third-order valence-electron chi connectivity index (χ3n) is 2.70. The second-order valence-electron chi connectivity index (χ2n) is 5.12. The van der Waals surface area contributed by atoms with Crippen LogP contribution in [0.3, 0.4) is 0 Å². The van der Waals surface area contributed by atoms with E-state index in [0.29, 0.717) is 10.8 Å². The summed E-state index contributed by atoms with van der Waals surface area (Å²) in [6, 6.07) is 0. The predicted octanol–water partition coefficient (Wildman–Crippen LogP) is 2.43. The molecular weight excluding hydrogens is 314 g/mol. The van der Waals surface area contributed by atoms with Gasteiger partial charge in [-0.1, -0.05) is 11.6 Å². The van der Waals surface area contributed by atoms with Gasteiger partial charge in [-0.25, -0.2) is 4.98 Å². The van der Waals surface area contributed by atoms with Gasteiger partial charge >= 0.3 is 5.97 Å². The zero-order chi connectivity index (χ0) is 15.6. The average molecular weight is 328 g/mol. The molecule has 0 fully saturated rings. The number of carboxylic acid groups (broad SMARTS) is 1. The first-order chi connectivity index (χ1) is 9.78. The fourth-order valence-corrected chi connectivity index (χ4v) is 2.88. The molecule has 0 radical (unpaired) electrons. The van der Waals surface area contributed by atoms with E-state index in [1.165, 1.54) is 17.4 Å². The summed E-state index contributed by atoms with van der Waals surface area (Å²) in [7, 11) is 0. The molecular formula is C13H14ClN3O3S. The van der Waals surface area contributed by atoms with Crippen molar-refractivity contribution >= 4 is 45.9 Å². The highest BCUT2D eigenvalue weighted by atomic mass is 35.5. The first kappa shape index (κ1) is 15.5. The van der Waals surface area contributed by atoms with Crippen LogP contribution >= 0.6 is 22.9 Å². The molecule has 0 spiro atoms. The Labute approximate surface area is 130 Å². The Morgan fingerprint density at radius 1 is 1.57 bits per heavy atom. The Hall–Kier alpha value is -1.86. The first-order valence-corrected chi connectivity index (χ1v) is 7.37. The Balaban J connectivity index is 2.10. The fraction of sp³-hybridized carbons (Fsp3) is 0.308. The number of aromatic nitrogens is 2. The molecule has 2 heterocycles. The van der Waals surface area contributed by atoms with Crippen molar-refractivity contribution in [1.82, 2.24) is 14.7 Å². The van der Waals surface area contributed by atoms with Gasteiger partial charge in [0.2, 0.25) is 5.91 Å². The minimum Gasteiger partial charge on any atom is -0.481 e. The highest BCUT2D eigenvalue weighted by Gasteiger charge is 2.22. The number of nitrogens with one attached hydrogen (secondary N) is 1. The number of imidazole rings is 1. The fourth-order valence-electron chi connectivity index (χ4n) is 1.88. The lowest BCUT2D eigenvalue weighted by Gasteiger charge is -2.23. The number of rotatable bonds is 5. The molecule has 2 N–H and O–H groups in total. The highest BCUT2D eigenvalue weighted by molar-refractivity contribution is 7.15. The first-order valence-electron chi connectivity index (χ1n) is 6.11. The Kier molecular flexibility index (Phi) is 4.34. The third-order valence-corrected chi connectivity index (χ3v) is 3.74. The maximum Gasteiger partial charge on any atom is 0.305 e. The molecule has 112 valence electrons. The number of aliphatic carboxylic acids is 1. The summed E-state index contributed by atoms with van der Waals surface area (Å²) in [6.45, 7) is 3.30. The summed E-state index contributed by atoms with van der Waals surface area (Å²) in [5, 5.41) is 13.6. The Morgan fingerprint density at radius 2 is 2.29 bits per heavy atom. The normalized spacial score (nSPS) is 12.1. The van der Waals surface area contributed by atoms with Crippen LogP contribution in [-0.4, -0.2) is 31.9 Å². The molecule has 0 bridgehead atoms. The Morgan fingerprint density at radius 3 is 2.95 bits per heavy atom. The summed E-state index contributed by atoms with van der Waals surface area (Å²) in [6.07, 6.45) is 4.53. The predicted molar refractivity (Wildman–Crippen MR) is 81.6 cm³/mol. The molecule has 21 heavy (non-hydrogen) atoms. The van der Waals surface area contributed by atoms with Gasteiger partial charge in [-0.3, -0.25) is 14.0 Å². The number of fused-ring (bicyclic) bond motifs is 1. The average Bonchev–Trinajstić information content (AvgIpc) is 2.84. The molecule has 8 heteroatoms. The number of halogens is 1. The van der Waals surface area contributed by atoms with E-state index in [4.69, 9.17) is 16.7 Å². The van der Waals surface area contributed by atoms with E-state index in [-0.39, 0.29) is 12.3 Å². The SMILES string of the molecule is CC(C)(CC(=O)O)NC(=O)C=Cc1c(Cl)nc2sccn12. The van der Waals surface area contributed by atoms with Crippen LogP contribution in [0.1, 0.15) is 26.0 Å². The van der Waals surface area contributed by atoms with Crippen molar-refractivity contribution in [3.8, 4) is 0 Å². The number of hydrogen-bond acceptors (Lipinski definition) is 4. The van der Waals surface area contributed by atoms with Gasteiger partial charge in [-0.2, -0.15) is 0 Å². The monoisotopic (exact) mass is 327 g/mol. The van der Waals surface area contributed by atoms with E-state index in [1.807, 2.05) is 11.6 Å². The summed E-state index contributed by atoms with van der Waals surface area (Å²) >= 11 is 7.45. The highest BCUT2D eigenvalue weighted by Crippen LogP contribution is 2.22. The van der Waals surface area contributed by atoms with E-state index in [9.17, 15) is 9.59 Å². The quantitative estimate of drug-likeness (QED) is 0.826. The molecule has 0 saturated carbocycles. The van der Waals surface area contributed by atoms with Gasteiger partial charge in [0.05, 0.1) is 12.1 Å². The van der Waals surface area contributed by atoms with Crippen LogP contribution in [0.5, 0.6) is 0 Å². The van der Waals surface area contributed by atoms with Crippen LogP contribution in [0.15, 0.2) is 17.7 Å². The molecule has 2 rings (SSSR count). The van der Waals surface area contributed by atoms with Crippen LogP contribution in [0.4, 0.5) is 0 Å². The number of thiazole rings is 1. The van der Waals surface area contributed by atoms with Gasteiger partial charge in [0.15, 0.2) is 10.1 Å². The molecule has 2 aromatic rings. The van der Waals surface area contributed by atoms with E-state index in [2.05, 4.69) is 10.3 Å². The molecule has 0 saturated heterocycles. The number of nitrogens with zero attached hydrogens (tertiary/aromatic N) is 2. The maximum atomic E-state index is 11.9.